The Bertz CT molecular complexity index is 319. The number of nitrogens with two attached hydrogens (primary N) is 1. The first-order valence-corrected chi connectivity index (χ1v) is 4.94. The molecule has 1 aliphatic carbocycles. The third-order valence-corrected chi connectivity index (χ3v) is 3.37. The lowest BCUT2D eigenvalue weighted by molar-refractivity contribution is 0.665. The zero-order valence-electron chi connectivity index (χ0n) is 8.38. The van der Waals surface area contributed by atoms with Gasteiger partial charge in [-0.3, -0.25) is 0 Å². The number of hydrogen-bond donors (Lipinski definition) is 1. The zero-order valence-corrected chi connectivity index (χ0v) is 8.38. The molecule has 2 unspecified atom stereocenters. The lowest BCUT2D eigenvalue weighted by Gasteiger charge is -2.11. The largest absolute Gasteiger partial charge is 0.330 e. The van der Waals surface area contributed by atoms with Crippen molar-refractivity contribution < 1.29 is 0 Å². The van der Waals surface area contributed by atoms with E-state index in [1.165, 1.54) is 17.5 Å². The SMILES string of the molecule is Cc1cccc(C2(C)CC2CN)c1. The molecule has 2 atom stereocenters. The van der Waals surface area contributed by atoms with Crippen LogP contribution in [0.25, 0.3) is 0 Å². The maximum absolute atomic E-state index is 5.68. The van der Waals surface area contributed by atoms with Gasteiger partial charge >= 0.3 is 0 Å². The van der Waals surface area contributed by atoms with E-state index in [0.29, 0.717) is 11.3 Å². The second-order valence-electron chi connectivity index (χ2n) is 4.42. The molecule has 1 aromatic rings. The fraction of sp³-hybridized carbons (Fsp3) is 0.500. The highest BCUT2D eigenvalue weighted by Crippen LogP contribution is 2.53. The van der Waals surface area contributed by atoms with Crippen molar-refractivity contribution in [2.75, 3.05) is 6.54 Å². The van der Waals surface area contributed by atoms with E-state index < -0.39 is 0 Å². The quantitative estimate of drug-likeness (QED) is 0.733. The molecule has 1 aromatic carbocycles. The fourth-order valence-corrected chi connectivity index (χ4v) is 2.15. The Kier molecular flexibility index (Phi) is 1.92. The van der Waals surface area contributed by atoms with Crippen LogP contribution >= 0.6 is 0 Å². The van der Waals surface area contributed by atoms with Crippen molar-refractivity contribution in [1.82, 2.24) is 0 Å². The summed E-state index contributed by atoms with van der Waals surface area (Å²) in [5, 5.41) is 0. The predicted octanol–water partition coefficient (Wildman–Crippen LogP) is 2.23. The van der Waals surface area contributed by atoms with Gasteiger partial charge in [0.15, 0.2) is 0 Å². The summed E-state index contributed by atoms with van der Waals surface area (Å²) in [4.78, 5) is 0. The monoisotopic (exact) mass is 175 g/mol. The topological polar surface area (TPSA) is 26.0 Å². The van der Waals surface area contributed by atoms with Gasteiger partial charge in [0.25, 0.3) is 0 Å². The summed E-state index contributed by atoms with van der Waals surface area (Å²) in [6, 6.07) is 8.80. The molecule has 0 aromatic heterocycles. The van der Waals surface area contributed by atoms with E-state index in [4.69, 9.17) is 5.73 Å². The summed E-state index contributed by atoms with van der Waals surface area (Å²) in [5.74, 6) is 0.703. The minimum atomic E-state index is 0.376. The lowest BCUT2D eigenvalue weighted by Crippen LogP contribution is -2.11. The summed E-state index contributed by atoms with van der Waals surface area (Å²) in [7, 11) is 0. The number of benzene rings is 1. The first-order valence-electron chi connectivity index (χ1n) is 4.94. The molecular weight excluding hydrogens is 158 g/mol. The number of hydrogen-bond acceptors (Lipinski definition) is 1. The molecule has 0 amide bonds. The first kappa shape index (κ1) is 8.76. The van der Waals surface area contributed by atoms with Gasteiger partial charge in [-0.15, -0.1) is 0 Å². The summed E-state index contributed by atoms with van der Waals surface area (Å²) < 4.78 is 0. The maximum Gasteiger partial charge on any atom is -0.00312 e. The van der Waals surface area contributed by atoms with Gasteiger partial charge in [-0.2, -0.15) is 0 Å². The lowest BCUT2D eigenvalue weighted by atomic mass is 9.94. The molecule has 2 rings (SSSR count). The Labute approximate surface area is 80.0 Å². The van der Waals surface area contributed by atoms with Gasteiger partial charge in [0.05, 0.1) is 0 Å². The molecule has 0 heterocycles. The first-order chi connectivity index (χ1) is 6.16. The van der Waals surface area contributed by atoms with Crippen molar-refractivity contribution in [3.05, 3.63) is 35.4 Å². The van der Waals surface area contributed by atoms with Crippen LogP contribution in [-0.2, 0) is 5.41 Å². The van der Waals surface area contributed by atoms with Gasteiger partial charge in [0.1, 0.15) is 0 Å². The Morgan fingerprint density at radius 1 is 1.54 bits per heavy atom. The van der Waals surface area contributed by atoms with Crippen molar-refractivity contribution in [2.24, 2.45) is 11.7 Å². The van der Waals surface area contributed by atoms with Gasteiger partial charge < -0.3 is 5.73 Å². The average Bonchev–Trinajstić information content (AvgIpc) is 2.79. The average molecular weight is 175 g/mol. The van der Waals surface area contributed by atoms with Gasteiger partial charge in [0, 0.05) is 0 Å². The summed E-state index contributed by atoms with van der Waals surface area (Å²) in [6.07, 6.45) is 1.26. The second kappa shape index (κ2) is 2.85. The fourth-order valence-electron chi connectivity index (χ4n) is 2.15. The molecule has 0 radical (unpaired) electrons. The summed E-state index contributed by atoms with van der Waals surface area (Å²) in [5.41, 5.74) is 8.87. The molecule has 0 saturated heterocycles. The molecule has 0 bridgehead atoms. The standard InChI is InChI=1S/C12H17N/c1-9-4-3-5-10(6-9)12(2)7-11(12)8-13/h3-6,11H,7-8,13H2,1-2H3. The smallest absolute Gasteiger partial charge is 0.00312 e. The Morgan fingerprint density at radius 3 is 2.85 bits per heavy atom. The third kappa shape index (κ3) is 1.37. The maximum atomic E-state index is 5.68. The van der Waals surface area contributed by atoms with Crippen LogP contribution in [0, 0.1) is 12.8 Å². The minimum Gasteiger partial charge on any atom is -0.330 e. The van der Waals surface area contributed by atoms with Crippen LogP contribution in [0.1, 0.15) is 24.5 Å². The van der Waals surface area contributed by atoms with Crippen molar-refractivity contribution in [1.29, 1.82) is 0 Å². The summed E-state index contributed by atoms with van der Waals surface area (Å²) in [6.45, 7) is 5.29. The Balaban J connectivity index is 2.27. The normalized spacial score (nSPS) is 31.8. The second-order valence-corrected chi connectivity index (χ2v) is 4.42. The molecule has 13 heavy (non-hydrogen) atoms. The van der Waals surface area contributed by atoms with E-state index in [1.54, 1.807) is 0 Å². The zero-order chi connectivity index (χ0) is 9.47. The van der Waals surface area contributed by atoms with Crippen molar-refractivity contribution in [2.45, 2.75) is 25.7 Å². The number of rotatable bonds is 2. The van der Waals surface area contributed by atoms with E-state index in [-0.39, 0.29) is 0 Å². The van der Waals surface area contributed by atoms with Crippen LogP contribution in [0.5, 0.6) is 0 Å². The molecule has 0 aliphatic heterocycles. The predicted molar refractivity (Wildman–Crippen MR) is 55.7 cm³/mol. The van der Waals surface area contributed by atoms with E-state index >= 15 is 0 Å². The molecular formula is C12H17N. The highest BCUT2D eigenvalue weighted by molar-refractivity contribution is 5.35. The minimum absolute atomic E-state index is 0.376. The molecule has 70 valence electrons. The van der Waals surface area contributed by atoms with E-state index in [2.05, 4.69) is 38.1 Å². The highest BCUT2D eigenvalue weighted by atomic mass is 14.7. The molecule has 1 fully saturated rings. The van der Waals surface area contributed by atoms with Crippen molar-refractivity contribution >= 4 is 0 Å². The van der Waals surface area contributed by atoms with Crippen LogP contribution in [-0.4, -0.2) is 6.54 Å². The summed E-state index contributed by atoms with van der Waals surface area (Å²) >= 11 is 0. The van der Waals surface area contributed by atoms with E-state index in [1.807, 2.05) is 0 Å². The van der Waals surface area contributed by atoms with Crippen LogP contribution < -0.4 is 5.73 Å². The van der Waals surface area contributed by atoms with Gasteiger partial charge in [-0.05, 0) is 36.8 Å². The Morgan fingerprint density at radius 2 is 2.31 bits per heavy atom. The van der Waals surface area contributed by atoms with Crippen LogP contribution in [0.3, 0.4) is 0 Å². The van der Waals surface area contributed by atoms with Crippen molar-refractivity contribution in [3.63, 3.8) is 0 Å². The number of aryl methyl sites for hydroxylation is 1. The van der Waals surface area contributed by atoms with E-state index in [0.717, 1.165) is 6.54 Å². The molecule has 1 nitrogen and oxygen atoms in total. The van der Waals surface area contributed by atoms with Gasteiger partial charge in [0.2, 0.25) is 0 Å². The van der Waals surface area contributed by atoms with Crippen LogP contribution in [0.2, 0.25) is 0 Å². The molecule has 0 spiro atoms. The highest BCUT2D eigenvalue weighted by Gasteiger charge is 2.49. The molecule has 1 saturated carbocycles. The van der Waals surface area contributed by atoms with Crippen molar-refractivity contribution in [3.8, 4) is 0 Å². The molecule has 2 N–H and O–H groups in total. The van der Waals surface area contributed by atoms with Gasteiger partial charge in [-0.25, -0.2) is 0 Å². The Hall–Kier alpha value is -0.820. The molecule has 1 heteroatoms. The van der Waals surface area contributed by atoms with Gasteiger partial charge in [-0.1, -0.05) is 36.8 Å². The molecule has 1 aliphatic rings. The van der Waals surface area contributed by atoms with E-state index in [9.17, 15) is 0 Å². The van der Waals surface area contributed by atoms with Crippen LogP contribution in [0.15, 0.2) is 24.3 Å². The van der Waals surface area contributed by atoms with Crippen LogP contribution in [0.4, 0.5) is 0 Å². The third-order valence-electron chi connectivity index (χ3n) is 3.37.